The van der Waals surface area contributed by atoms with Gasteiger partial charge in [-0.1, -0.05) is 11.6 Å². The first-order valence-electron chi connectivity index (χ1n) is 6.36. The molecule has 0 bridgehead atoms. The summed E-state index contributed by atoms with van der Waals surface area (Å²) in [6, 6.07) is 5.72. The molecule has 1 heterocycles. The lowest BCUT2D eigenvalue weighted by Gasteiger charge is -2.20. The Balaban J connectivity index is 2.54. The van der Waals surface area contributed by atoms with Crippen molar-refractivity contribution >= 4 is 22.9 Å². The molecular formula is C15H18ClNO3S. The van der Waals surface area contributed by atoms with Crippen LogP contribution in [0.3, 0.4) is 0 Å². The molecule has 114 valence electrons. The van der Waals surface area contributed by atoms with Crippen LogP contribution in [0, 0.1) is 0 Å². The van der Waals surface area contributed by atoms with Crippen LogP contribution in [0.25, 0.3) is 0 Å². The maximum Gasteiger partial charge on any atom is 0.203 e. The Bertz CT molecular complexity index is 590. The minimum absolute atomic E-state index is 0.0359. The van der Waals surface area contributed by atoms with Crippen molar-refractivity contribution in [3.8, 4) is 17.2 Å². The van der Waals surface area contributed by atoms with Gasteiger partial charge in [-0.2, -0.15) is 0 Å². The molecule has 4 nitrogen and oxygen atoms in total. The van der Waals surface area contributed by atoms with E-state index in [1.807, 2.05) is 30.6 Å². The molecule has 21 heavy (non-hydrogen) atoms. The highest BCUT2D eigenvalue weighted by molar-refractivity contribution is 7.10. The average molecular weight is 328 g/mol. The third-order valence-corrected chi connectivity index (χ3v) is 4.64. The van der Waals surface area contributed by atoms with Crippen LogP contribution in [-0.4, -0.2) is 28.4 Å². The van der Waals surface area contributed by atoms with Crippen LogP contribution in [0.15, 0.2) is 23.6 Å². The maximum atomic E-state index is 6.25. The molecule has 2 rings (SSSR count). The molecule has 0 saturated heterocycles. The predicted molar refractivity (Wildman–Crippen MR) is 86.3 cm³/mol. The van der Waals surface area contributed by atoms with E-state index < -0.39 is 0 Å². The highest BCUT2D eigenvalue weighted by Crippen LogP contribution is 2.42. The van der Waals surface area contributed by atoms with Crippen molar-refractivity contribution in [2.24, 2.45) is 0 Å². The van der Waals surface area contributed by atoms with Crippen LogP contribution >= 0.6 is 22.9 Å². The molecule has 1 atom stereocenters. The molecule has 0 fully saturated rings. The largest absolute Gasteiger partial charge is 0.493 e. The van der Waals surface area contributed by atoms with Crippen LogP contribution in [0.5, 0.6) is 17.2 Å². The first kappa shape index (κ1) is 15.9. The summed E-state index contributed by atoms with van der Waals surface area (Å²) in [6.07, 6.45) is 0. The van der Waals surface area contributed by atoms with Crippen molar-refractivity contribution in [1.29, 1.82) is 0 Å². The van der Waals surface area contributed by atoms with E-state index >= 15 is 0 Å². The Labute approximate surface area is 133 Å². The smallest absolute Gasteiger partial charge is 0.203 e. The van der Waals surface area contributed by atoms with E-state index in [-0.39, 0.29) is 6.04 Å². The van der Waals surface area contributed by atoms with Gasteiger partial charge in [-0.15, -0.1) is 11.3 Å². The summed E-state index contributed by atoms with van der Waals surface area (Å²) >= 11 is 7.86. The summed E-state index contributed by atoms with van der Waals surface area (Å²) in [5.74, 6) is 1.83. The van der Waals surface area contributed by atoms with E-state index in [1.165, 1.54) is 0 Å². The molecule has 1 aromatic carbocycles. The molecule has 0 aliphatic carbocycles. The van der Waals surface area contributed by atoms with Gasteiger partial charge in [0.05, 0.1) is 32.4 Å². The zero-order chi connectivity index (χ0) is 15.4. The first-order chi connectivity index (χ1) is 10.2. The zero-order valence-corrected chi connectivity index (χ0v) is 14.0. The zero-order valence-electron chi connectivity index (χ0n) is 12.4. The number of halogens is 1. The van der Waals surface area contributed by atoms with E-state index in [0.717, 1.165) is 15.5 Å². The number of rotatable bonds is 6. The van der Waals surface area contributed by atoms with Crippen LogP contribution < -0.4 is 19.5 Å². The first-order valence-corrected chi connectivity index (χ1v) is 7.62. The van der Waals surface area contributed by atoms with E-state index in [9.17, 15) is 0 Å². The molecule has 1 unspecified atom stereocenters. The number of thiophene rings is 1. The summed E-state index contributed by atoms with van der Waals surface area (Å²) in [5, 5.41) is 5.99. The lowest BCUT2D eigenvalue weighted by Crippen LogP contribution is -2.17. The second kappa shape index (κ2) is 7.02. The molecule has 0 amide bonds. The molecule has 0 spiro atoms. The van der Waals surface area contributed by atoms with Crippen LogP contribution in [-0.2, 0) is 0 Å². The van der Waals surface area contributed by atoms with Gasteiger partial charge in [-0.3, -0.25) is 0 Å². The third-order valence-electron chi connectivity index (χ3n) is 3.22. The van der Waals surface area contributed by atoms with Crippen molar-refractivity contribution < 1.29 is 14.2 Å². The molecule has 0 aliphatic rings. The van der Waals surface area contributed by atoms with Gasteiger partial charge in [-0.25, -0.2) is 0 Å². The minimum Gasteiger partial charge on any atom is -0.493 e. The van der Waals surface area contributed by atoms with Gasteiger partial charge in [-0.05, 0) is 36.2 Å². The number of benzene rings is 1. The quantitative estimate of drug-likeness (QED) is 0.877. The predicted octanol–water partition coefficient (Wildman–Crippen LogP) is 3.74. The summed E-state index contributed by atoms with van der Waals surface area (Å²) in [5.41, 5.74) is 0.997. The fourth-order valence-electron chi connectivity index (χ4n) is 2.23. The number of hydrogen-bond acceptors (Lipinski definition) is 5. The van der Waals surface area contributed by atoms with Crippen molar-refractivity contribution in [2.75, 3.05) is 28.4 Å². The number of nitrogens with one attached hydrogen (secondary N) is 1. The highest BCUT2D eigenvalue weighted by atomic mass is 35.5. The molecule has 0 radical (unpaired) electrons. The summed E-state index contributed by atoms with van der Waals surface area (Å²) < 4.78 is 16.1. The number of ether oxygens (including phenoxy) is 3. The monoisotopic (exact) mass is 327 g/mol. The summed E-state index contributed by atoms with van der Waals surface area (Å²) in [4.78, 5) is 1.05. The Kier molecular flexibility index (Phi) is 5.33. The maximum absolute atomic E-state index is 6.25. The highest BCUT2D eigenvalue weighted by Gasteiger charge is 2.21. The van der Waals surface area contributed by atoms with E-state index in [1.54, 1.807) is 32.7 Å². The lowest BCUT2D eigenvalue weighted by atomic mass is 10.0. The minimum atomic E-state index is -0.0359. The second-order valence-electron chi connectivity index (χ2n) is 4.31. The van der Waals surface area contributed by atoms with Crippen molar-refractivity contribution in [1.82, 2.24) is 5.32 Å². The van der Waals surface area contributed by atoms with Crippen LogP contribution in [0.4, 0.5) is 0 Å². The third kappa shape index (κ3) is 3.10. The number of hydrogen-bond donors (Lipinski definition) is 1. The van der Waals surface area contributed by atoms with Gasteiger partial charge in [0.1, 0.15) is 0 Å². The van der Waals surface area contributed by atoms with Gasteiger partial charge in [0, 0.05) is 4.88 Å². The van der Waals surface area contributed by atoms with E-state index in [0.29, 0.717) is 17.2 Å². The van der Waals surface area contributed by atoms with Gasteiger partial charge < -0.3 is 19.5 Å². The lowest BCUT2D eigenvalue weighted by molar-refractivity contribution is 0.323. The SMILES string of the molecule is CNC(c1cc(OC)c(OC)c(OC)c1)c1sccc1Cl. The molecule has 0 saturated carbocycles. The summed E-state index contributed by atoms with van der Waals surface area (Å²) in [6.45, 7) is 0. The summed E-state index contributed by atoms with van der Waals surface area (Å²) in [7, 11) is 6.69. The topological polar surface area (TPSA) is 39.7 Å². The standard InChI is InChI=1S/C15H18ClNO3S/c1-17-13(15-10(16)5-6-21-15)9-7-11(18-2)14(20-4)12(8-9)19-3/h5-8,13,17H,1-4H3. The normalized spacial score (nSPS) is 12.0. The van der Waals surface area contributed by atoms with Gasteiger partial charge in [0.15, 0.2) is 11.5 Å². The molecular weight excluding hydrogens is 310 g/mol. The second-order valence-corrected chi connectivity index (χ2v) is 5.67. The fraction of sp³-hybridized carbons (Fsp3) is 0.333. The van der Waals surface area contributed by atoms with Crippen LogP contribution in [0.2, 0.25) is 5.02 Å². The van der Waals surface area contributed by atoms with Crippen LogP contribution in [0.1, 0.15) is 16.5 Å². The Hall–Kier alpha value is -1.43. The van der Waals surface area contributed by atoms with Gasteiger partial charge in [0.25, 0.3) is 0 Å². The Morgan fingerprint density at radius 3 is 2.10 bits per heavy atom. The molecule has 2 aromatic rings. The van der Waals surface area contributed by atoms with Crippen molar-refractivity contribution in [3.63, 3.8) is 0 Å². The fourth-order valence-corrected chi connectivity index (χ4v) is 3.53. The van der Waals surface area contributed by atoms with E-state index in [2.05, 4.69) is 5.32 Å². The molecule has 6 heteroatoms. The Morgan fingerprint density at radius 1 is 1.10 bits per heavy atom. The molecule has 1 N–H and O–H groups in total. The Morgan fingerprint density at radius 2 is 1.71 bits per heavy atom. The average Bonchev–Trinajstić information content (AvgIpc) is 2.93. The van der Waals surface area contributed by atoms with Gasteiger partial charge >= 0.3 is 0 Å². The van der Waals surface area contributed by atoms with Crippen molar-refractivity contribution in [3.05, 3.63) is 39.0 Å². The van der Waals surface area contributed by atoms with Crippen molar-refractivity contribution in [2.45, 2.75) is 6.04 Å². The van der Waals surface area contributed by atoms with Gasteiger partial charge in [0.2, 0.25) is 5.75 Å². The number of methoxy groups -OCH3 is 3. The molecule has 0 aliphatic heterocycles. The molecule has 1 aromatic heterocycles. The van der Waals surface area contributed by atoms with E-state index in [4.69, 9.17) is 25.8 Å².